The number of rotatable bonds is 3. The third-order valence-corrected chi connectivity index (χ3v) is 5.22. The number of nitrogens with zero attached hydrogens (tertiary/aromatic N) is 2. The van der Waals surface area contributed by atoms with Crippen LogP contribution in [-0.4, -0.2) is 54.5 Å². The van der Waals surface area contributed by atoms with E-state index in [-0.39, 0.29) is 23.8 Å². The van der Waals surface area contributed by atoms with Crippen molar-refractivity contribution in [1.82, 2.24) is 15.1 Å². The molecule has 2 atom stereocenters. The van der Waals surface area contributed by atoms with Gasteiger partial charge in [-0.1, -0.05) is 25.0 Å². The molecule has 24 heavy (non-hydrogen) atoms. The summed E-state index contributed by atoms with van der Waals surface area (Å²) in [5.74, 6) is -0.0784. The first-order valence-corrected chi connectivity index (χ1v) is 9.17. The van der Waals surface area contributed by atoms with E-state index in [1.54, 1.807) is 12.1 Å². The maximum Gasteiger partial charge on any atom is 0.244 e. The molecule has 1 aromatic carbocycles. The minimum Gasteiger partial charge on any atom is -0.341 e. The fourth-order valence-corrected chi connectivity index (χ4v) is 3.83. The molecule has 2 heterocycles. The highest BCUT2D eigenvalue weighted by atomic mass is 19.1. The molecule has 0 aromatic heterocycles. The SMILES string of the molecule is CC1CNCCN1C(C(=O)N1CCCCCC1)c1ccc(F)cc1. The van der Waals surface area contributed by atoms with Gasteiger partial charge in [0.15, 0.2) is 0 Å². The van der Waals surface area contributed by atoms with Gasteiger partial charge in [0.1, 0.15) is 11.9 Å². The molecule has 0 saturated carbocycles. The first-order chi connectivity index (χ1) is 11.7. The summed E-state index contributed by atoms with van der Waals surface area (Å²) in [5, 5.41) is 3.38. The van der Waals surface area contributed by atoms with Gasteiger partial charge in [-0.3, -0.25) is 9.69 Å². The van der Waals surface area contributed by atoms with Crippen molar-refractivity contribution in [2.75, 3.05) is 32.7 Å². The average molecular weight is 333 g/mol. The van der Waals surface area contributed by atoms with Crippen molar-refractivity contribution >= 4 is 5.91 Å². The monoisotopic (exact) mass is 333 g/mol. The zero-order valence-corrected chi connectivity index (χ0v) is 14.5. The lowest BCUT2D eigenvalue weighted by molar-refractivity contribution is -0.138. The predicted octanol–water partition coefficient (Wildman–Crippen LogP) is 2.56. The molecule has 4 nitrogen and oxygen atoms in total. The summed E-state index contributed by atoms with van der Waals surface area (Å²) in [4.78, 5) is 17.6. The number of amides is 1. The quantitative estimate of drug-likeness (QED) is 0.923. The van der Waals surface area contributed by atoms with E-state index in [9.17, 15) is 9.18 Å². The highest BCUT2D eigenvalue weighted by molar-refractivity contribution is 5.83. The van der Waals surface area contributed by atoms with E-state index >= 15 is 0 Å². The molecule has 5 heteroatoms. The first-order valence-electron chi connectivity index (χ1n) is 9.17. The molecule has 0 bridgehead atoms. The van der Waals surface area contributed by atoms with Crippen LogP contribution >= 0.6 is 0 Å². The van der Waals surface area contributed by atoms with E-state index in [0.29, 0.717) is 0 Å². The van der Waals surface area contributed by atoms with Gasteiger partial charge in [0, 0.05) is 38.8 Å². The van der Waals surface area contributed by atoms with Crippen LogP contribution in [0.3, 0.4) is 0 Å². The molecule has 2 aliphatic heterocycles. The summed E-state index contributed by atoms with van der Waals surface area (Å²) in [6, 6.07) is 6.44. The molecule has 3 rings (SSSR count). The molecule has 2 saturated heterocycles. The molecule has 1 amide bonds. The predicted molar refractivity (Wildman–Crippen MR) is 93.2 cm³/mol. The van der Waals surface area contributed by atoms with Gasteiger partial charge in [0.05, 0.1) is 0 Å². The molecule has 2 aliphatic rings. The van der Waals surface area contributed by atoms with E-state index in [4.69, 9.17) is 0 Å². The maximum atomic E-state index is 13.4. The van der Waals surface area contributed by atoms with Crippen LogP contribution in [0.1, 0.15) is 44.2 Å². The Balaban J connectivity index is 1.88. The van der Waals surface area contributed by atoms with Crippen LogP contribution in [0.25, 0.3) is 0 Å². The second-order valence-electron chi connectivity index (χ2n) is 6.98. The van der Waals surface area contributed by atoms with Crippen molar-refractivity contribution in [3.05, 3.63) is 35.6 Å². The summed E-state index contributed by atoms with van der Waals surface area (Å²) < 4.78 is 13.4. The number of likely N-dealkylation sites (tertiary alicyclic amines) is 1. The first kappa shape index (κ1) is 17.4. The summed E-state index contributed by atoms with van der Waals surface area (Å²) in [5.41, 5.74) is 0.902. The smallest absolute Gasteiger partial charge is 0.244 e. The molecule has 0 spiro atoms. The van der Waals surface area contributed by atoms with Gasteiger partial charge in [-0.15, -0.1) is 0 Å². The Kier molecular flexibility index (Phi) is 5.85. The van der Waals surface area contributed by atoms with E-state index in [0.717, 1.165) is 51.1 Å². The van der Waals surface area contributed by atoms with Crippen LogP contribution in [0, 0.1) is 5.82 Å². The summed E-state index contributed by atoms with van der Waals surface area (Å²) in [6.07, 6.45) is 4.57. The maximum absolute atomic E-state index is 13.4. The average Bonchev–Trinajstić information content (AvgIpc) is 2.88. The van der Waals surface area contributed by atoms with Crippen molar-refractivity contribution in [2.45, 2.75) is 44.7 Å². The van der Waals surface area contributed by atoms with Crippen molar-refractivity contribution in [3.8, 4) is 0 Å². The number of hydrogen-bond donors (Lipinski definition) is 1. The van der Waals surface area contributed by atoms with Crippen LogP contribution in [0.2, 0.25) is 0 Å². The number of carbonyl (C=O) groups is 1. The third-order valence-electron chi connectivity index (χ3n) is 5.22. The Hall–Kier alpha value is -1.46. The lowest BCUT2D eigenvalue weighted by Gasteiger charge is -2.41. The van der Waals surface area contributed by atoms with E-state index in [1.165, 1.54) is 25.0 Å². The second kappa shape index (κ2) is 8.08. The van der Waals surface area contributed by atoms with Gasteiger partial charge in [-0.25, -0.2) is 4.39 Å². The van der Waals surface area contributed by atoms with Gasteiger partial charge in [0.2, 0.25) is 5.91 Å². The van der Waals surface area contributed by atoms with Crippen molar-refractivity contribution in [1.29, 1.82) is 0 Å². The fraction of sp³-hybridized carbons (Fsp3) is 0.632. The number of benzene rings is 1. The zero-order chi connectivity index (χ0) is 16.9. The Morgan fingerprint density at radius 3 is 2.42 bits per heavy atom. The fourth-order valence-electron chi connectivity index (χ4n) is 3.83. The minimum atomic E-state index is -0.305. The highest BCUT2D eigenvalue weighted by Gasteiger charge is 2.35. The Morgan fingerprint density at radius 1 is 1.12 bits per heavy atom. The van der Waals surface area contributed by atoms with Crippen LogP contribution in [0.15, 0.2) is 24.3 Å². The van der Waals surface area contributed by atoms with Crippen molar-refractivity contribution < 1.29 is 9.18 Å². The number of piperazine rings is 1. The Bertz CT molecular complexity index is 540. The number of carbonyl (C=O) groups excluding carboxylic acids is 1. The largest absolute Gasteiger partial charge is 0.341 e. The van der Waals surface area contributed by atoms with Crippen molar-refractivity contribution in [2.24, 2.45) is 0 Å². The van der Waals surface area contributed by atoms with Gasteiger partial charge in [0.25, 0.3) is 0 Å². The normalized spacial score (nSPS) is 24.4. The molecule has 132 valence electrons. The van der Waals surface area contributed by atoms with Gasteiger partial charge in [-0.2, -0.15) is 0 Å². The van der Waals surface area contributed by atoms with E-state index in [1.807, 2.05) is 4.90 Å². The topological polar surface area (TPSA) is 35.6 Å². The molecular weight excluding hydrogens is 305 g/mol. The molecule has 2 fully saturated rings. The standard InChI is InChI=1S/C19H28FN3O/c1-15-14-21-10-13-23(15)18(16-6-8-17(20)9-7-16)19(24)22-11-4-2-3-5-12-22/h6-9,15,18,21H,2-5,10-14H2,1H3. The lowest BCUT2D eigenvalue weighted by Crippen LogP contribution is -2.54. The number of halogens is 1. The Labute approximate surface area is 144 Å². The molecule has 1 N–H and O–H groups in total. The third kappa shape index (κ3) is 3.95. The van der Waals surface area contributed by atoms with Crippen LogP contribution in [0.5, 0.6) is 0 Å². The summed E-state index contributed by atoms with van der Waals surface area (Å²) in [7, 11) is 0. The molecule has 0 aliphatic carbocycles. The number of hydrogen-bond acceptors (Lipinski definition) is 3. The van der Waals surface area contributed by atoms with Crippen LogP contribution < -0.4 is 5.32 Å². The highest BCUT2D eigenvalue weighted by Crippen LogP contribution is 2.27. The summed E-state index contributed by atoms with van der Waals surface area (Å²) >= 11 is 0. The number of nitrogens with one attached hydrogen (secondary N) is 1. The van der Waals surface area contributed by atoms with Crippen LogP contribution in [0.4, 0.5) is 4.39 Å². The van der Waals surface area contributed by atoms with Gasteiger partial charge < -0.3 is 10.2 Å². The molecule has 0 radical (unpaired) electrons. The lowest BCUT2D eigenvalue weighted by atomic mass is 10.0. The van der Waals surface area contributed by atoms with E-state index in [2.05, 4.69) is 17.1 Å². The van der Waals surface area contributed by atoms with Crippen LogP contribution in [-0.2, 0) is 4.79 Å². The second-order valence-corrected chi connectivity index (χ2v) is 6.98. The molecular formula is C19H28FN3O. The van der Waals surface area contributed by atoms with Gasteiger partial charge >= 0.3 is 0 Å². The Morgan fingerprint density at radius 2 is 1.79 bits per heavy atom. The van der Waals surface area contributed by atoms with E-state index < -0.39 is 0 Å². The summed E-state index contributed by atoms with van der Waals surface area (Å²) in [6.45, 7) is 6.44. The van der Waals surface area contributed by atoms with Gasteiger partial charge in [-0.05, 0) is 37.5 Å². The molecule has 2 unspecified atom stereocenters. The zero-order valence-electron chi connectivity index (χ0n) is 14.5. The van der Waals surface area contributed by atoms with Crippen molar-refractivity contribution in [3.63, 3.8) is 0 Å². The minimum absolute atomic E-state index is 0.178. The molecule has 1 aromatic rings.